The fourth-order valence-electron chi connectivity index (χ4n) is 1.96. The van der Waals surface area contributed by atoms with Crippen LogP contribution in [0.5, 0.6) is 0 Å². The maximum Gasteiger partial charge on any atom is 0.416 e. The summed E-state index contributed by atoms with van der Waals surface area (Å²) in [7, 11) is 0. The van der Waals surface area contributed by atoms with Crippen molar-refractivity contribution in [1.29, 1.82) is 0 Å². The number of carbonyl (C=O) groups excluding carboxylic acids is 2. The van der Waals surface area contributed by atoms with Crippen LogP contribution in [0.25, 0.3) is 0 Å². The second-order valence-corrected chi connectivity index (χ2v) is 5.93. The minimum absolute atomic E-state index is 0.0754. The van der Waals surface area contributed by atoms with Crippen LogP contribution in [0.4, 0.5) is 18.9 Å². The summed E-state index contributed by atoms with van der Waals surface area (Å²) in [5, 5.41) is 18.0. The lowest BCUT2D eigenvalue weighted by Gasteiger charge is -2.11. The van der Waals surface area contributed by atoms with Crippen LogP contribution in [0, 0.1) is 0 Å². The molecule has 0 radical (unpaired) electrons. The van der Waals surface area contributed by atoms with Crippen LogP contribution < -0.4 is 10.6 Å². The van der Waals surface area contributed by atoms with E-state index in [0.717, 1.165) is 29.8 Å². The van der Waals surface area contributed by atoms with Crippen molar-refractivity contribution < 1.29 is 27.9 Å². The lowest BCUT2D eigenvalue weighted by Crippen LogP contribution is -2.36. The molecule has 0 saturated carbocycles. The van der Waals surface area contributed by atoms with Gasteiger partial charge in [-0.05, 0) is 53.1 Å². The summed E-state index contributed by atoms with van der Waals surface area (Å²) < 4.78 is 37.3. The first kappa shape index (κ1) is 18.9. The zero-order valence-corrected chi connectivity index (χ0v) is 13.7. The molecule has 1 heterocycles. The van der Waals surface area contributed by atoms with Crippen LogP contribution in [-0.2, 0) is 15.8 Å². The Morgan fingerprint density at radius 1 is 1.12 bits per heavy atom. The second-order valence-electron chi connectivity index (χ2n) is 5.15. The third-order valence-electron chi connectivity index (χ3n) is 3.31. The molecule has 2 rings (SSSR count). The smallest absolute Gasteiger partial charge is 0.388 e. The van der Waals surface area contributed by atoms with E-state index in [1.54, 1.807) is 11.4 Å². The van der Waals surface area contributed by atoms with Crippen molar-refractivity contribution in [3.63, 3.8) is 0 Å². The van der Waals surface area contributed by atoms with Gasteiger partial charge in [0.25, 0.3) is 0 Å². The molecule has 1 aromatic heterocycles. The maximum absolute atomic E-state index is 12.4. The van der Waals surface area contributed by atoms with Gasteiger partial charge in [-0.3, -0.25) is 9.59 Å². The number of aliphatic hydroxyl groups excluding tert-OH is 1. The van der Waals surface area contributed by atoms with Crippen molar-refractivity contribution in [1.82, 2.24) is 5.32 Å². The predicted molar refractivity (Wildman–Crippen MR) is 87.0 cm³/mol. The average molecular weight is 372 g/mol. The van der Waals surface area contributed by atoms with Gasteiger partial charge in [0.05, 0.1) is 11.7 Å². The van der Waals surface area contributed by atoms with E-state index in [0.29, 0.717) is 0 Å². The molecule has 0 bridgehead atoms. The topological polar surface area (TPSA) is 78.4 Å². The molecule has 0 saturated heterocycles. The summed E-state index contributed by atoms with van der Waals surface area (Å²) in [5.74, 6) is -1.93. The molecule has 2 amide bonds. The zero-order chi connectivity index (χ0) is 18.4. The Morgan fingerprint density at radius 3 is 2.36 bits per heavy atom. The molecule has 9 heteroatoms. The standard InChI is InChI=1S/C16H15F3N2O3S/c17-16(18,19)11-1-3-12(4-2-11)21-15(24)14(23)20-7-5-13(22)10-6-8-25-9-10/h1-4,6,8-9,13,22H,5,7H2,(H,20,23)(H,21,24). The Hall–Kier alpha value is -2.39. The number of hydrogen-bond acceptors (Lipinski definition) is 4. The van der Waals surface area contributed by atoms with Crippen LogP contribution in [-0.4, -0.2) is 23.5 Å². The summed E-state index contributed by atoms with van der Waals surface area (Å²) in [6, 6.07) is 5.51. The number of rotatable bonds is 5. The van der Waals surface area contributed by atoms with E-state index in [1.165, 1.54) is 11.3 Å². The van der Waals surface area contributed by atoms with Gasteiger partial charge in [-0.1, -0.05) is 0 Å². The number of alkyl halides is 3. The Balaban J connectivity index is 1.79. The molecule has 0 aliphatic rings. The Morgan fingerprint density at radius 2 is 1.80 bits per heavy atom. The minimum atomic E-state index is -4.47. The molecule has 25 heavy (non-hydrogen) atoms. The van der Waals surface area contributed by atoms with Gasteiger partial charge < -0.3 is 15.7 Å². The Kier molecular flexibility index (Phi) is 6.16. The van der Waals surface area contributed by atoms with Gasteiger partial charge in [0.15, 0.2) is 0 Å². The van der Waals surface area contributed by atoms with Crippen molar-refractivity contribution in [3.05, 3.63) is 52.2 Å². The number of hydrogen-bond donors (Lipinski definition) is 3. The highest BCUT2D eigenvalue weighted by atomic mass is 32.1. The van der Waals surface area contributed by atoms with E-state index in [1.807, 2.05) is 5.38 Å². The van der Waals surface area contributed by atoms with E-state index in [4.69, 9.17) is 0 Å². The van der Waals surface area contributed by atoms with Crippen LogP contribution in [0.15, 0.2) is 41.1 Å². The largest absolute Gasteiger partial charge is 0.416 e. The van der Waals surface area contributed by atoms with Crippen molar-refractivity contribution in [2.24, 2.45) is 0 Å². The number of amides is 2. The Labute approximate surface area is 145 Å². The first-order chi connectivity index (χ1) is 11.8. The van der Waals surface area contributed by atoms with Gasteiger partial charge in [0.2, 0.25) is 0 Å². The number of nitrogens with one attached hydrogen (secondary N) is 2. The van der Waals surface area contributed by atoms with Gasteiger partial charge in [-0.15, -0.1) is 0 Å². The first-order valence-corrected chi connectivity index (χ1v) is 8.18. The monoisotopic (exact) mass is 372 g/mol. The van der Waals surface area contributed by atoms with Crippen molar-refractivity contribution in [3.8, 4) is 0 Å². The van der Waals surface area contributed by atoms with Gasteiger partial charge in [-0.25, -0.2) is 0 Å². The number of carbonyl (C=O) groups is 2. The first-order valence-electron chi connectivity index (χ1n) is 7.24. The van der Waals surface area contributed by atoms with E-state index >= 15 is 0 Å². The van der Waals surface area contributed by atoms with Crippen LogP contribution in [0.3, 0.4) is 0 Å². The molecule has 3 N–H and O–H groups in total. The maximum atomic E-state index is 12.4. The second kappa shape index (κ2) is 8.13. The molecule has 0 aliphatic carbocycles. The van der Waals surface area contributed by atoms with E-state index in [2.05, 4.69) is 10.6 Å². The molecule has 134 valence electrons. The molecule has 0 fully saturated rings. The molecular formula is C16H15F3N2O3S. The quantitative estimate of drug-likeness (QED) is 0.706. The van der Waals surface area contributed by atoms with Crippen LogP contribution in [0.1, 0.15) is 23.7 Å². The molecule has 1 unspecified atom stereocenters. The molecule has 2 aromatic rings. The highest BCUT2D eigenvalue weighted by Crippen LogP contribution is 2.29. The molecule has 0 aliphatic heterocycles. The van der Waals surface area contributed by atoms with Gasteiger partial charge in [0, 0.05) is 12.2 Å². The number of halogens is 3. The number of anilines is 1. The molecular weight excluding hydrogens is 357 g/mol. The number of thiophene rings is 1. The molecule has 5 nitrogen and oxygen atoms in total. The Bertz CT molecular complexity index is 715. The van der Waals surface area contributed by atoms with Crippen molar-refractivity contribution >= 4 is 28.8 Å². The zero-order valence-electron chi connectivity index (χ0n) is 12.8. The van der Waals surface area contributed by atoms with Crippen molar-refractivity contribution in [2.45, 2.75) is 18.7 Å². The lowest BCUT2D eigenvalue weighted by atomic mass is 10.1. The summed E-state index contributed by atoms with van der Waals surface area (Å²) in [6.07, 6.45) is -4.98. The summed E-state index contributed by atoms with van der Waals surface area (Å²) in [6.45, 7) is 0.0796. The van der Waals surface area contributed by atoms with Crippen LogP contribution >= 0.6 is 11.3 Å². The normalized spacial score (nSPS) is 12.5. The highest BCUT2D eigenvalue weighted by molar-refractivity contribution is 7.07. The third kappa shape index (κ3) is 5.57. The molecule has 1 atom stereocenters. The van der Waals surface area contributed by atoms with E-state index in [-0.39, 0.29) is 18.7 Å². The number of aliphatic hydroxyl groups is 1. The van der Waals surface area contributed by atoms with E-state index in [9.17, 15) is 27.9 Å². The van der Waals surface area contributed by atoms with E-state index < -0.39 is 29.7 Å². The summed E-state index contributed by atoms with van der Waals surface area (Å²) >= 11 is 1.43. The minimum Gasteiger partial charge on any atom is -0.388 e. The van der Waals surface area contributed by atoms with Gasteiger partial charge in [0.1, 0.15) is 0 Å². The fourth-order valence-corrected chi connectivity index (χ4v) is 2.67. The van der Waals surface area contributed by atoms with Crippen LogP contribution in [0.2, 0.25) is 0 Å². The third-order valence-corrected chi connectivity index (χ3v) is 4.01. The predicted octanol–water partition coefficient (Wildman–Crippen LogP) is 2.95. The lowest BCUT2D eigenvalue weighted by molar-refractivity contribution is -0.137. The molecule has 0 spiro atoms. The summed E-state index contributed by atoms with van der Waals surface area (Å²) in [4.78, 5) is 23.4. The van der Waals surface area contributed by atoms with Gasteiger partial charge >= 0.3 is 18.0 Å². The van der Waals surface area contributed by atoms with Gasteiger partial charge in [-0.2, -0.15) is 24.5 Å². The SMILES string of the molecule is O=C(NCCC(O)c1ccsc1)C(=O)Nc1ccc(C(F)(F)F)cc1. The van der Waals surface area contributed by atoms with Crippen molar-refractivity contribution in [2.75, 3.05) is 11.9 Å². The highest BCUT2D eigenvalue weighted by Gasteiger charge is 2.30. The number of benzene rings is 1. The molecule has 1 aromatic carbocycles. The average Bonchev–Trinajstić information content (AvgIpc) is 3.08. The fraction of sp³-hybridized carbons (Fsp3) is 0.250. The summed E-state index contributed by atoms with van der Waals surface area (Å²) in [5.41, 5.74) is -0.0442.